The summed E-state index contributed by atoms with van der Waals surface area (Å²) in [6.07, 6.45) is 13.4. The molecule has 1 amide bonds. The standard InChI is InChI=1S/C28H47NO2/c1-18(2)8-7-9-19(3)24-17-25(31)29-28(6)23-11-10-20-16-21(30)12-14-26(20,4)22(23)13-15-27(24,28)5/h11,18-22,24,30H,7-10,12-17H2,1-6H3,(H,29,31)/t19-,20+,21+,22+,24-,26+,27-,28+/m1/s1. The highest BCUT2D eigenvalue weighted by Crippen LogP contribution is 2.65. The maximum absolute atomic E-state index is 13.1. The number of aliphatic hydroxyl groups is 1. The average Bonchev–Trinajstić information content (AvgIpc) is 2.68. The van der Waals surface area contributed by atoms with E-state index in [2.05, 4.69) is 52.9 Å². The minimum atomic E-state index is -0.230. The lowest BCUT2D eigenvalue weighted by atomic mass is 9.42. The second kappa shape index (κ2) is 8.19. The van der Waals surface area contributed by atoms with Crippen LogP contribution in [0.2, 0.25) is 0 Å². The van der Waals surface area contributed by atoms with Crippen molar-refractivity contribution in [2.24, 2.45) is 40.4 Å². The zero-order chi connectivity index (χ0) is 22.6. The van der Waals surface area contributed by atoms with Crippen molar-refractivity contribution in [1.29, 1.82) is 0 Å². The third-order valence-corrected chi connectivity index (χ3v) is 10.7. The van der Waals surface area contributed by atoms with Gasteiger partial charge < -0.3 is 10.4 Å². The van der Waals surface area contributed by atoms with Crippen molar-refractivity contribution in [2.45, 2.75) is 117 Å². The van der Waals surface area contributed by atoms with Crippen LogP contribution in [0.15, 0.2) is 11.6 Å². The van der Waals surface area contributed by atoms with E-state index >= 15 is 0 Å². The molecule has 1 aliphatic heterocycles. The maximum Gasteiger partial charge on any atom is 0.221 e. The number of rotatable bonds is 5. The Morgan fingerprint density at radius 3 is 2.58 bits per heavy atom. The van der Waals surface area contributed by atoms with Gasteiger partial charge in [0.1, 0.15) is 0 Å². The van der Waals surface area contributed by atoms with Gasteiger partial charge in [-0.2, -0.15) is 0 Å². The highest BCUT2D eigenvalue weighted by Gasteiger charge is 2.63. The zero-order valence-electron chi connectivity index (χ0n) is 21.0. The van der Waals surface area contributed by atoms with Crippen molar-refractivity contribution in [2.75, 3.05) is 0 Å². The van der Waals surface area contributed by atoms with Gasteiger partial charge in [0.25, 0.3) is 0 Å². The molecule has 3 aliphatic carbocycles. The smallest absolute Gasteiger partial charge is 0.221 e. The molecule has 176 valence electrons. The SMILES string of the molecule is CC(C)CCC[C@@H](C)[C@H]1CC(=O)N[C@@]2(C)C3=CC[C@H]4C[C@@H](O)CC[C@]4(C)[C@H]3CC[C@]12C. The molecule has 0 aromatic carbocycles. The largest absolute Gasteiger partial charge is 0.393 e. The van der Waals surface area contributed by atoms with Gasteiger partial charge in [-0.3, -0.25) is 4.79 Å². The van der Waals surface area contributed by atoms with Gasteiger partial charge in [0.2, 0.25) is 5.91 Å². The summed E-state index contributed by atoms with van der Waals surface area (Å²) >= 11 is 0. The number of carbonyl (C=O) groups excluding carboxylic acids is 1. The van der Waals surface area contributed by atoms with Gasteiger partial charge in [-0.1, -0.05) is 60.0 Å². The fraction of sp³-hybridized carbons (Fsp3) is 0.893. The molecule has 8 atom stereocenters. The predicted molar refractivity (Wildman–Crippen MR) is 127 cm³/mol. The van der Waals surface area contributed by atoms with E-state index in [1.165, 1.54) is 37.7 Å². The predicted octanol–water partition coefficient (Wildman–Crippen LogP) is 6.26. The van der Waals surface area contributed by atoms with Gasteiger partial charge in [-0.25, -0.2) is 0 Å². The monoisotopic (exact) mass is 429 g/mol. The fourth-order valence-corrected chi connectivity index (χ4v) is 8.45. The van der Waals surface area contributed by atoms with Crippen LogP contribution in [0.3, 0.4) is 0 Å². The Kier molecular flexibility index (Phi) is 6.16. The molecule has 4 aliphatic rings. The van der Waals surface area contributed by atoms with Crippen LogP contribution < -0.4 is 5.32 Å². The number of hydrogen-bond donors (Lipinski definition) is 2. The first-order chi connectivity index (χ1) is 14.5. The lowest BCUT2D eigenvalue weighted by Crippen LogP contribution is -2.70. The van der Waals surface area contributed by atoms with E-state index < -0.39 is 0 Å². The van der Waals surface area contributed by atoms with Gasteiger partial charge in [0.05, 0.1) is 11.6 Å². The lowest BCUT2D eigenvalue weighted by Gasteiger charge is -2.65. The van der Waals surface area contributed by atoms with Crippen molar-refractivity contribution >= 4 is 5.91 Å². The summed E-state index contributed by atoms with van der Waals surface area (Å²) in [4.78, 5) is 13.1. The molecule has 4 rings (SSSR count). The molecule has 1 heterocycles. The van der Waals surface area contributed by atoms with Crippen LogP contribution in [0.25, 0.3) is 0 Å². The van der Waals surface area contributed by atoms with Gasteiger partial charge in [0, 0.05) is 6.42 Å². The number of amides is 1. The van der Waals surface area contributed by atoms with Crippen LogP contribution in [0.1, 0.15) is 106 Å². The van der Waals surface area contributed by atoms with Crippen LogP contribution in [0.4, 0.5) is 0 Å². The Labute approximate surface area is 190 Å². The summed E-state index contributed by atoms with van der Waals surface area (Å²) in [5.74, 6) is 3.19. The second-order valence-electron chi connectivity index (χ2n) is 12.8. The third kappa shape index (κ3) is 3.71. The number of allylic oxidation sites excluding steroid dienone is 1. The highest BCUT2D eigenvalue weighted by molar-refractivity contribution is 5.79. The molecule has 0 unspecified atom stereocenters. The normalized spacial score (nSPS) is 45.8. The zero-order valence-corrected chi connectivity index (χ0v) is 21.0. The van der Waals surface area contributed by atoms with E-state index in [1.807, 2.05) is 0 Å². The first-order valence-electron chi connectivity index (χ1n) is 13.2. The minimum absolute atomic E-state index is 0.122. The first-order valence-corrected chi connectivity index (χ1v) is 13.2. The molecular formula is C28H47NO2. The van der Waals surface area contributed by atoms with E-state index in [-0.39, 0.29) is 28.4 Å². The molecule has 0 spiro atoms. The molecule has 0 aromatic heterocycles. The summed E-state index contributed by atoms with van der Waals surface area (Å²) in [7, 11) is 0. The van der Waals surface area contributed by atoms with Crippen molar-refractivity contribution in [1.82, 2.24) is 5.32 Å². The van der Waals surface area contributed by atoms with Gasteiger partial charge in [-0.15, -0.1) is 0 Å². The van der Waals surface area contributed by atoms with Crippen molar-refractivity contribution in [3.05, 3.63) is 11.6 Å². The number of aliphatic hydroxyl groups excluding tert-OH is 1. The van der Waals surface area contributed by atoms with E-state index in [4.69, 9.17) is 0 Å². The molecule has 3 nitrogen and oxygen atoms in total. The van der Waals surface area contributed by atoms with Crippen LogP contribution in [0, 0.1) is 40.4 Å². The van der Waals surface area contributed by atoms with Crippen molar-refractivity contribution < 1.29 is 9.90 Å². The third-order valence-electron chi connectivity index (χ3n) is 10.7. The molecule has 31 heavy (non-hydrogen) atoms. The number of nitrogens with one attached hydrogen (secondary N) is 1. The summed E-state index contributed by atoms with van der Waals surface area (Å²) in [6.45, 7) is 14.4. The lowest BCUT2D eigenvalue weighted by molar-refractivity contribution is -0.141. The molecule has 0 bridgehead atoms. The minimum Gasteiger partial charge on any atom is -0.393 e. The second-order valence-corrected chi connectivity index (χ2v) is 12.8. The summed E-state index contributed by atoms with van der Waals surface area (Å²) in [5, 5.41) is 13.9. The van der Waals surface area contributed by atoms with Crippen molar-refractivity contribution in [3.8, 4) is 0 Å². The molecule has 0 radical (unpaired) electrons. The highest BCUT2D eigenvalue weighted by atomic mass is 16.3. The summed E-state index contributed by atoms with van der Waals surface area (Å²) in [6, 6.07) is 0. The van der Waals surface area contributed by atoms with E-state index in [1.54, 1.807) is 0 Å². The maximum atomic E-state index is 13.1. The van der Waals surface area contributed by atoms with E-state index in [0.29, 0.717) is 30.1 Å². The summed E-state index contributed by atoms with van der Waals surface area (Å²) in [5.41, 5.74) is 1.70. The van der Waals surface area contributed by atoms with Crippen LogP contribution in [-0.2, 0) is 4.79 Å². The fourth-order valence-electron chi connectivity index (χ4n) is 8.45. The van der Waals surface area contributed by atoms with E-state index in [0.717, 1.165) is 31.6 Å². The Hall–Kier alpha value is -0.830. The molecule has 3 fully saturated rings. The molecule has 1 saturated heterocycles. The Morgan fingerprint density at radius 1 is 1.13 bits per heavy atom. The Morgan fingerprint density at radius 2 is 1.87 bits per heavy atom. The Bertz CT molecular complexity index is 729. The van der Waals surface area contributed by atoms with E-state index in [9.17, 15) is 9.90 Å². The Balaban J connectivity index is 1.63. The number of piperidine rings is 1. The summed E-state index contributed by atoms with van der Waals surface area (Å²) < 4.78 is 0. The van der Waals surface area contributed by atoms with Crippen LogP contribution in [0.5, 0.6) is 0 Å². The number of hydrogen-bond acceptors (Lipinski definition) is 2. The number of carbonyl (C=O) groups is 1. The topological polar surface area (TPSA) is 49.3 Å². The van der Waals surface area contributed by atoms with Crippen LogP contribution >= 0.6 is 0 Å². The molecule has 0 aromatic rings. The molecule has 3 heteroatoms. The number of fused-ring (bicyclic) bond motifs is 5. The van der Waals surface area contributed by atoms with Crippen LogP contribution in [-0.4, -0.2) is 22.7 Å². The first kappa shape index (κ1) is 23.3. The average molecular weight is 430 g/mol. The van der Waals surface area contributed by atoms with Crippen molar-refractivity contribution in [3.63, 3.8) is 0 Å². The quantitative estimate of drug-likeness (QED) is 0.507. The van der Waals surface area contributed by atoms with Gasteiger partial charge >= 0.3 is 0 Å². The molecule has 2 N–H and O–H groups in total. The van der Waals surface area contributed by atoms with Gasteiger partial charge in [-0.05, 0) is 91.4 Å². The molecular weight excluding hydrogens is 382 g/mol. The van der Waals surface area contributed by atoms with Gasteiger partial charge in [0.15, 0.2) is 0 Å². The molecule has 2 saturated carbocycles.